The van der Waals surface area contributed by atoms with E-state index in [4.69, 9.17) is 0 Å². The van der Waals surface area contributed by atoms with Crippen LogP contribution in [0.15, 0.2) is 29.3 Å². The molecule has 0 aromatic heterocycles. The highest BCUT2D eigenvalue weighted by Crippen LogP contribution is 2.27. The molecule has 1 aliphatic heterocycles. The lowest BCUT2D eigenvalue weighted by Gasteiger charge is -2.12. The lowest BCUT2D eigenvalue weighted by atomic mass is 10.1. The summed E-state index contributed by atoms with van der Waals surface area (Å²) < 4.78 is 0. The molecule has 0 fully saturated rings. The van der Waals surface area contributed by atoms with Gasteiger partial charge in [0.05, 0.1) is 6.54 Å². The van der Waals surface area contributed by atoms with Crippen LogP contribution >= 0.6 is 11.8 Å². The molecule has 2 nitrogen and oxygen atoms in total. The smallest absolute Gasteiger partial charge is 0.161 e. The highest BCUT2D eigenvalue weighted by Gasteiger charge is 2.22. The number of hydrogen-bond acceptors (Lipinski definition) is 3. The Hall–Kier alpha value is -0.960. The quantitative estimate of drug-likeness (QED) is 0.880. The molecule has 1 heterocycles. The molecule has 1 aromatic rings. The Morgan fingerprint density at radius 2 is 2.06 bits per heavy atom. The second-order valence-electron chi connectivity index (χ2n) is 5.12. The zero-order chi connectivity index (χ0) is 13.0. The van der Waals surface area contributed by atoms with Crippen molar-refractivity contribution in [1.82, 2.24) is 0 Å². The largest absolute Gasteiger partial charge is 0.335 e. The van der Waals surface area contributed by atoms with Crippen molar-refractivity contribution in [3.8, 4) is 0 Å². The first-order valence-electron chi connectivity index (χ1n) is 6.76. The van der Waals surface area contributed by atoms with Crippen molar-refractivity contribution in [3.05, 3.63) is 29.8 Å². The van der Waals surface area contributed by atoms with E-state index in [1.807, 2.05) is 11.8 Å². The van der Waals surface area contributed by atoms with E-state index in [0.717, 1.165) is 23.8 Å². The number of nitrogens with one attached hydrogen (secondary N) is 1. The highest BCUT2D eigenvalue weighted by atomic mass is 32.2. The summed E-state index contributed by atoms with van der Waals surface area (Å²) in [4.78, 5) is 4.56. The van der Waals surface area contributed by atoms with Crippen molar-refractivity contribution in [3.63, 3.8) is 0 Å². The van der Waals surface area contributed by atoms with Crippen LogP contribution in [-0.4, -0.2) is 17.0 Å². The molecule has 1 aromatic carbocycles. The molecule has 1 N–H and O–H groups in total. The number of benzene rings is 1. The molecule has 0 amide bonds. The van der Waals surface area contributed by atoms with Gasteiger partial charge < -0.3 is 5.32 Å². The molecule has 0 radical (unpaired) electrons. The number of thioether (sulfide) groups is 1. The van der Waals surface area contributed by atoms with Gasteiger partial charge in [-0.05, 0) is 30.0 Å². The fourth-order valence-electron chi connectivity index (χ4n) is 1.97. The SMILES string of the molecule is CCCc1ccc(NC2=NCC(C(C)C)S2)cc1. The molecule has 18 heavy (non-hydrogen) atoms. The van der Waals surface area contributed by atoms with Gasteiger partial charge in [0.15, 0.2) is 5.17 Å². The molecule has 0 saturated heterocycles. The third kappa shape index (κ3) is 3.52. The van der Waals surface area contributed by atoms with Crippen molar-refractivity contribution >= 4 is 22.6 Å². The first kappa shape index (κ1) is 13.5. The predicted octanol–water partition coefficient (Wildman–Crippen LogP) is 4.18. The summed E-state index contributed by atoms with van der Waals surface area (Å²) in [7, 11) is 0. The average Bonchev–Trinajstić information content (AvgIpc) is 2.81. The maximum Gasteiger partial charge on any atom is 0.161 e. The molecule has 0 bridgehead atoms. The molecular weight excluding hydrogens is 240 g/mol. The van der Waals surface area contributed by atoms with Gasteiger partial charge in [-0.25, -0.2) is 0 Å². The molecule has 2 rings (SSSR count). The molecule has 3 heteroatoms. The van der Waals surface area contributed by atoms with Gasteiger partial charge in [-0.1, -0.05) is 51.1 Å². The lowest BCUT2D eigenvalue weighted by Crippen LogP contribution is -2.13. The number of aliphatic imine (C=N–C) groups is 1. The summed E-state index contributed by atoms with van der Waals surface area (Å²) in [5.74, 6) is 0.685. The minimum atomic E-state index is 0.631. The van der Waals surface area contributed by atoms with Crippen molar-refractivity contribution in [1.29, 1.82) is 0 Å². The number of rotatable bonds is 4. The van der Waals surface area contributed by atoms with Crippen LogP contribution in [0.1, 0.15) is 32.8 Å². The van der Waals surface area contributed by atoms with E-state index >= 15 is 0 Å². The van der Waals surface area contributed by atoms with Crippen LogP contribution in [0.3, 0.4) is 0 Å². The standard InChI is InChI=1S/C15H22N2S/c1-4-5-12-6-8-13(9-7-12)17-15-16-10-14(18-15)11(2)3/h6-9,11,14H,4-5,10H2,1-3H3,(H,16,17). The average molecular weight is 262 g/mol. The topological polar surface area (TPSA) is 24.4 Å². The van der Waals surface area contributed by atoms with E-state index in [1.165, 1.54) is 12.0 Å². The van der Waals surface area contributed by atoms with Gasteiger partial charge in [0.25, 0.3) is 0 Å². The third-order valence-corrected chi connectivity index (χ3v) is 4.62. The van der Waals surface area contributed by atoms with Crippen LogP contribution in [0.5, 0.6) is 0 Å². The fourth-order valence-corrected chi connectivity index (χ4v) is 3.01. The molecule has 0 aliphatic carbocycles. The van der Waals surface area contributed by atoms with E-state index in [9.17, 15) is 0 Å². The van der Waals surface area contributed by atoms with E-state index in [2.05, 4.69) is 55.3 Å². The van der Waals surface area contributed by atoms with Gasteiger partial charge in [0.2, 0.25) is 0 Å². The Morgan fingerprint density at radius 1 is 1.33 bits per heavy atom. The summed E-state index contributed by atoms with van der Waals surface area (Å²) in [6.07, 6.45) is 2.36. The number of hydrogen-bond donors (Lipinski definition) is 1. The number of anilines is 1. The molecule has 0 saturated carbocycles. The van der Waals surface area contributed by atoms with E-state index < -0.39 is 0 Å². The number of aryl methyl sites for hydroxylation is 1. The van der Waals surface area contributed by atoms with Crippen LogP contribution in [0.4, 0.5) is 5.69 Å². The van der Waals surface area contributed by atoms with Crippen molar-refractivity contribution in [2.45, 2.75) is 38.9 Å². The normalized spacial score (nSPS) is 19.1. The van der Waals surface area contributed by atoms with Crippen LogP contribution in [0.2, 0.25) is 0 Å². The Kier molecular flexibility index (Phi) is 4.70. The number of amidine groups is 1. The van der Waals surface area contributed by atoms with Crippen LogP contribution in [0, 0.1) is 5.92 Å². The maximum absolute atomic E-state index is 4.56. The molecule has 1 unspecified atom stereocenters. The van der Waals surface area contributed by atoms with E-state index in [1.54, 1.807) is 0 Å². The van der Waals surface area contributed by atoms with Crippen LogP contribution < -0.4 is 5.32 Å². The Labute approximate surface area is 114 Å². The third-order valence-electron chi connectivity index (χ3n) is 3.17. The zero-order valence-corrected chi connectivity index (χ0v) is 12.3. The summed E-state index contributed by atoms with van der Waals surface area (Å²) >= 11 is 1.87. The van der Waals surface area contributed by atoms with Gasteiger partial charge in [0.1, 0.15) is 0 Å². The first-order chi connectivity index (χ1) is 8.69. The van der Waals surface area contributed by atoms with Gasteiger partial charge in [-0.15, -0.1) is 0 Å². The second-order valence-corrected chi connectivity index (χ2v) is 6.35. The van der Waals surface area contributed by atoms with Gasteiger partial charge in [0, 0.05) is 10.9 Å². The van der Waals surface area contributed by atoms with E-state index in [0.29, 0.717) is 11.2 Å². The minimum Gasteiger partial charge on any atom is -0.335 e. The van der Waals surface area contributed by atoms with E-state index in [-0.39, 0.29) is 0 Å². The highest BCUT2D eigenvalue weighted by molar-refractivity contribution is 8.15. The fraction of sp³-hybridized carbons (Fsp3) is 0.533. The van der Waals surface area contributed by atoms with Gasteiger partial charge in [-0.2, -0.15) is 0 Å². The molecule has 0 spiro atoms. The summed E-state index contributed by atoms with van der Waals surface area (Å²) in [6.45, 7) is 7.67. The van der Waals surface area contributed by atoms with Crippen LogP contribution in [-0.2, 0) is 6.42 Å². The predicted molar refractivity (Wildman–Crippen MR) is 82.6 cm³/mol. The molecular formula is C15H22N2S. The van der Waals surface area contributed by atoms with Gasteiger partial charge in [-0.3, -0.25) is 4.99 Å². The van der Waals surface area contributed by atoms with Crippen molar-refractivity contribution in [2.75, 3.05) is 11.9 Å². The summed E-state index contributed by atoms with van der Waals surface area (Å²) in [6, 6.07) is 8.70. The Balaban J connectivity index is 1.90. The summed E-state index contributed by atoms with van der Waals surface area (Å²) in [5.41, 5.74) is 2.55. The molecule has 98 valence electrons. The minimum absolute atomic E-state index is 0.631. The first-order valence-corrected chi connectivity index (χ1v) is 7.64. The summed E-state index contributed by atoms with van der Waals surface area (Å²) in [5, 5.41) is 5.11. The van der Waals surface area contributed by atoms with Crippen molar-refractivity contribution < 1.29 is 0 Å². The lowest BCUT2D eigenvalue weighted by molar-refractivity contribution is 0.621. The monoisotopic (exact) mass is 262 g/mol. The second kappa shape index (κ2) is 6.28. The number of nitrogens with zero attached hydrogens (tertiary/aromatic N) is 1. The zero-order valence-electron chi connectivity index (χ0n) is 11.4. The Morgan fingerprint density at radius 3 is 2.61 bits per heavy atom. The maximum atomic E-state index is 4.56. The molecule has 1 aliphatic rings. The van der Waals surface area contributed by atoms with Crippen LogP contribution in [0.25, 0.3) is 0 Å². The molecule has 1 atom stereocenters. The van der Waals surface area contributed by atoms with Crippen molar-refractivity contribution in [2.24, 2.45) is 10.9 Å². The Bertz CT molecular complexity index is 409. The van der Waals surface area contributed by atoms with Gasteiger partial charge >= 0.3 is 0 Å².